The van der Waals surface area contributed by atoms with Crippen molar-refractivity contribution in [2.45, 2.75) is 13.3 Å². The van der Waals surface area contributed by atoms with Crippen molar-refractivity contribution < 1.29 is 42.5 Å². The van der Waals surface area contributed by atoms with Gasteiger partial charge in [-0.3, -0.25) is 4.99 Å². The second-order valence-electron chi connectivity index (χ2n) is 2.64. The van der Waals surface area contributed by atoms with Gasteiger partial charge < -0.3 is 4.55 Å². The second kappa shape index (κ2) is 8.46. The Bertz CT molecular complexity index is 387. The number of rotatable bonds is 2. The van der Waals surface area contributed by atoms with Crippen molar-refractivity contribution in [2.75, 3.05) is 18.1 Å². The maximum atomic E-state index is 9.68. The molecule has 0 saturated carbocycles. The molecule has 0 unspecified atom stereocenters. The molecule has 0 bridgehead atoms. The van der Waals surface area contributed by atoms with Crippen LogP contribution in [0.5, 0.6) is 0 Å². The van der Waals surface area contributed by atoms with E-state index in [1.807, 2.05) is 0 Å². The summed E-state index contributed by atoms with van der Waals surface area (Å²) >= 11 is 9.91. The van der Waals surface area contributed by atoms with E-state index in [0.717, 1.165) is 12.3 Å². The van der Waals surface area contributed by atoms with Gasteiger partial charge in [0.05, 0.1) is 15.7 Å². The predicted molar refractivity (Wildman–Crippen MR) is 65.2 cm³/mol. The molecule has 4 nitrogen and oxygen atoms in total. The maximum absolute atomic E-state index is 9.68. The normalized spacial score (nSPS) is 17.5. The largest absolute Gasteiger partial charge is 1.00 e. The number of hydrogen-bond acceptors (Lipinski definition) is 6. The van der Waals surface area contributed by atoms with Gasteiger partial charge in [0.1, 0.15) is 0 Å². The van der Waals surface area contributed by atoms with Gasteiger partial charge in [0, 0.05) is 18.1 Å². The smallest absolute Gasteiger partial charge is 0.748 e. The SMILES string of the molecule is CCCS(=O)(=O)[O-].S=S1(=S)C=NCC1.[Na+]. The van der Waals surface area contributed by atoms with Gasteiger partial charge in [-0.05, 0) is 28.8 Å². The van der Waals surface area contributed by atoms with Gasteiger partial charge in [0.15, 0.2) is 0 Å². The minimum absolute atomic E-state index is 0. The van der Waals surface area contributed by atoms with Crippen molar-refractivity contribution in [1.82, 2.24) is 0 Å². The van der Waals surface area contributed by atoms with Crippen molar-refractivity contribution in [3.05, 3.63) is 0 Å². The third-order valence-corrected chi connectivity index (χ3v) is 4.84. The molecule has 0 radical (unpaired) electrons. The van der Waals surface area contributed by atoms with Crippen molar-refractivity contribution >= 4 is 45.2 Å². The number of hydrogen-bond donors (Lipinski definition) is 0. The minimum atomic E-state index is -3.92. The maximum Gasteiger partial charge on any atom is 1.00 e. The van der Waals surface area contributed by atoms with Crippen molar-refractivity contribution in [1.29, 1.82) is 0 Å². The summed E-state index contributed by atoms with van der Waals surface area (Å²) in [6.07, 6.45) is 0.409. The Hall–Kier alpha value is 1.37. The second-order valence-corrected chi connectivity index (χ2v) is 10.3. The van der Waals surface area contributed by atoms with E-state index in [-0.39, 0.29) is 35.3 Å². The summed E-state index contributed by atoms with van der Waals surface area (Å²) < 4.78 is 29.0. The van der Waals surface area contributed by atoms with Crippen LogP contribution in [0.15, 0.2) is 4.99 Å². The molecule has 0 saturated heterocycles. The van der Waals surface area contributed by atoms with Gasteiger partial charge in [-0.2, -0.15) is 0 Å². The summed E-state index contributed by atoms with van der Waals surface area (Å²) in [5.41, 5.74) is 1.76. The van der Waals surface area contributed by atoms with Gasteiger partial charge in [0.2, 0.25) is 0 Å². The van der Waals surface area contributed by atoms with Crippen molar-refractivity contribution in [2.24, 2.45) is 4.99 Å². The van der Waals surface area contributed by atoms with E-state index in [0.29, 0.717) is 6.42 Å². The Kier molecular flexibility index (Phi) is 10.6. The number of nitrogens with zero attached hydrogens (tertiary/aromatic N) is 1. The first kappa shape index (κ1) is 18.7. The Morgan fingerprint density at radius 2 is 2.07 bits per heavy atom. The monoisotopic (exact) mass is 297 g/mol. The fourth-order valence-electron chi connectivity index (χ4n) is 0.649. The molecule has 0 amide bonds. The van der Waals surface area contributed by atoms with Crippen LogP contribution in [0.3, 0.4) is 0 Å². The first-order chi connectivity index (χ1) is 6.27. The molecule has 0 aromatic rings. The van der Waals surface area contributed by atoms with Gasteiger partial charge in [-0.1, -0.05) is 14.1 Å². The average molecular weight is 297 g/mol. The van der Waals surface area contributed by atoms with E-state index in [1.54, 1.807) is 12.5 Å². The zero-order valence-corrected chi connectivity index (χ0v) is 14.0. The average Bonchev–Trinajstić information content (AvgIpc) is 2.32. The third kappa shape index (κ3) is 13.3. The Balaban J connectivity index is 0. The standard InChI is InChI=1S/C3H5NS3.C3H8O3S.Na/c5-7(6)2-1-4-3-7;1-2-3-7(4,5)6;/h3H,1-2H2;2-3H2,1H3,(H,4,5,6);/q;;+1/p-1. The zero-order valence-electron chi connectivity index (χ0n) is 8.71. The Morgan fingerprint density at radius 1 is 1.53 bits per heavy atom. The third-order valence-electron chi connectivity index (χ3n) is 1.19. The molecular weight excluding hydrogens is 285 g/mol. The van der Waals surface area contributed by atoms with E-state index in [2.05, 4.69) is 4.99 Å². The molecule has 84 valence electrons. The molecule has 1 aliphatic heterocycles. The first-order valence-electron chi connectivity index (χ1n) is 3.93. The van der Waals surface area contributed by atoms with Crippen LogP contribution in [0.2, 0.25) is 0 Å². The summed E-state index contributed by atoms with van der Waals surface area (Å²) in [6, 6.07) is 0. The molecule has 0 aliphatic carbocycles. The fourth-order valence-corrected chi connectivity index (χ4v) is 2.76. The van der Waals surface area contributed by atoms with E-state index in [1.165, 1.54) is 0 Å². The van der Waals surface area contributed by atoms with Gasteiger partial charge in [-0.15, -0.1) is 0 Å². The molecule has 0 aromatic heterocycles. The zero-order chi connectivity index (χ0) is 11.2. The Morgan fingerprint density at radius 3 is 2.13 bits per heavy atom. The minimum Gasteiger partial charge on any atom is -0.748 e. The van der Waals surface area contributed by atoms with Crippen molar-refractivity contribution in [3.63, 3.8) is 0 Å². The molecule has 0 fully saturated rings. The fraction of sp³-hybridized carbons (Fsp3) is 0.833. The van der Waals surface area contributed by atoms with Crippen LogP contribution in [0, 0.1) is 0 Å². The van der Waals surface area contributed by atoms with Gasteiger partial charge >= 0.3 is 29.6 Å². The topological polar surface area (TPSA) is 69.6 Å². The molecular formula is C6H12NNaO3S4. The number of aliphatic imine (C=N–C) groups is 1. The van der Waals surface area contributed by atoms with Gasteiger partial charge in [-0.25, -0.2) is 8.42 Å². The van der Waals surface area contributed by atoms with Crippen LogP contribution in [0.4, 0.5) is 0 Å². The van der Waals surface area contributed by atoms with Crippen molar-refractivity contribution in [3.8, 4) is 0 Å². The van der Waals surface area contributed by atoms with E-state index in [9.17, 15) is 13.0 Å². The van der Waals surface area contributed by atoms with Crippen LogP contribution >= 0.6 is 0 Å². The van der Waals surface area contributed by atoms with Gasteiger partial charge in [0.25, 0.3) is 0 Å². The Labute approximate surface area is 123 Å². The molecule has 1 rings (SSSR count). The summed E-state index contributed by atoms with van der Waals surface area (Å²) in [7, 11) is -5.10. The van der Waals surface area contributed by atoms with Crippen LogP contribution in [0.25, 0.3) is 0 Å². The van der Waals surface area contributed by atoms with E-state index < -0.39 is 17.3 Å². The molecule has 0 aromatic carbocycles. The molecule has 0 N–H and O–H groups in total. The van der Waals surface area contributed by atoms with Crippen LogP contribution in [-0.2, 0) is 39.6 Å². The molecule has 0 atom stereocenters. The van der Waals surface area contributed by atoms with Crippen LogP contribution < -0.4 is 29.6 Å². The van der Waals surface area contributed by atoms with Crippen LogP contribution in [-0.4, -0.2) is 36.6 Å². The summed E-state index contributed by atoms with van der Waals surface area (Å²) in [6.45, 7) is 2.51. The summed E-state index contributed by atoms with van der Waals surface area (Å²) in [4.78, 5) is 3.94. The van der Waals surface area contributed by atoms with E-state index >= 15 is 0 Å². The molecule has 1 aliphatic rings. The van der Waals surface area contributed by atoms with Crippen LogP contribution in [0.1, 0.15) is 13.3 Å². The predicted octanol–water partition coefficient (Wildman–Crippen LogP) is -2.95. The summed E-state index contributed by atoms with van der Waals surface area (Å²) in [5.74, 6) is 0.699. The van der Waals surface area contributed by atoms with E-state index in [4.69, 9.17) is 22.4 Å². The molecule has 9 heteroatoms. The first-order valence-corrected chi connectivity index (χ1v) is 9.22. The summed E-state index contributed by atoms with van der Waals surface area (Å²) in [5, 5.41) is 0. The quantitative estimate of drug-likeness (QED) is 0.403. The molecule has 1 heterocycles. The molecule has 15 heavy (non-hydrogen) atoms. The molecule has 0 spiro atoms.